The first kappa shape index (κ1) is 18.6. The van der Waals surface area contributed by atoms with Gasteiger partial charge in [0, 0.05) is 37.0 Å². The number of anilines is 1. The molecule has 2 N–H and O–H groups in total. The lowest BCUT2D eigenvalue weighted by molar-refractivity contribution is 0.0961. The van der Waals surface area contributed by atoms with Gasteiger partial charge in [-0.1, -0.05) is 30.3 Å². The van der Waals surface area contributed by atoms with Gasteiger partial charge in [-0.25, -0.2) is 0 Å². The SMILES string of the molecule is CNC(=O)c1cccc(NC(=O)c2cc3occc3n2Cc2ccccc2C)c1. The van der Waals surface area contributed by atoms with E-state index < -0.39 is 0 Å². The van der Waals surface area contributed by atoms with E-state index in [-0.39, 0.29) is 11.8 Å². The summed E-state index contributed by atoms with van der Waals surface area (Å²) in [6.07, 6.45) is 1.62. The minimum atomic E-state index is -0.265. The normalized spacial score (nSPS) is 10.8. The first-order chi connectivity index (χ1) is 14.1. The van der Waals surface area contributed by atoms with Crippen LogP contribution in [0.5, 0.6) is 0 Å². The molecule has 0 aliphatic heterocycles. The Morgan fingerprint density at radius 2 is 1.83 bits per heavy atom. The number of nitrogens with zero attached hydrogens (tertiary/aromatic N) is 1. The predicted octanol–water partition coefficient (Wildman–Crippen LogP) is 4.20. The van der Waals surface area contributed by atoms with Crippen molar-refractivity contribution in [1.29, 1.82) is 0 Å². The van der Waals surface area contributed by atoms with Crippen molar-refractivity contribution in [3.05, 3.63) is 89.3 Å². The van der Waals surface area contributed by atoms with Crippen LogP contribution in [0.1, 0.15) is 32.0 Å². The molecule has 2 amide bonds. The van der Waals surface area contributed by atoms with E-state index in [4.69, 9.17) is 4.42 Å². The van der Waals surface area contributed by atoms with E-state index in [1.54, 1.807) is 43.6 Å². The Hall–Kier alpha value is -3.80. The molecule has 4 aromatic rings. The van der Waals surface area contributed by atoms with Gasteiger partial charge >= 0.3 is 0 Å². The van der Waals surface area contributed by atoms with Crippen LogP contribution in [0.25, 0.3) is 11.1 Å². The number of nitrogens with one attached hydrogen (secondary N) is 2. The van der Waals surface area contributed by atoms with E-state index >= 15 is 0 Å². The molecule has 4 rings (SSSR count). The number of benzene rings is 2. The van der Waals surface area contributed by atoms with E-state index in [2.05, 4.69) is 29.7 Å². The summed E-state index contributed by atoms with van der Waals surface area (Å²) in [4.78, 5) is 24.9. The molecular formula is C23H21N3O3. The van der Waals surface area contributed by atoms with Crippen LogP contribution in [0.15, 0.2) is 71.3 Å². The van der Waals surface area contributed by atoms with Gasteiger partial charge in [0.15, 0.2) is 5.58 Å². The molecule has 0 saturated heterocycles. The zero-order valence-corrected chi connectivity index (χ0v) is 16.2. The standard InChI is InChI=1S/C23H21N3O3/c1-15-6-3-4-7-17(15)14-26-19-10-11-29-21(19)13-20(26)23(28)25-18-9-5-8-16(12-18)22(27)24-2/h3-13H,14H2,1-2H3,(H,24,27)(H,25,28). The summed E-state index contributed by atoms with van der Waals surface area (Å²) in [6, 6.07) is 18.5. The van der Waals surface area contributed by atoms with Crippen LogP contribution in [0.2, 0.25) is 0 Å². The summed E-state index contributed by atoms with van der Waals surface area (Å²) >= 11 is 0. The van der Waals surface area contributed by atoms with Gasteiger partial charge in [-0.3, -0.25) is 9.59 Å². The first-order valence-electron chi connectivity index (χ1n) is 9.31. The molecule has 6 nitrogen and oxygen atoms in total. The largest absolute Gasteiger partial charge is 0.463 e. The first-order valence-corrected chi connectivity index (χ1v) is 9.31. The maximum atomic E-state index is 13.1. The number of aryl methyl sites for hydroxylation is 1. The molecule has 2 heterocycles. The van der Waals surface area contributed by atoms with Crippen molar-refractivity contribution in [1.82, 2.24) is 9.88 Å². The molecule has 0 spiro atoms. The Morgan fingerprint density at radius 1 is 1.00 bits per heavy atom. The minimum absolute atomic E-state index is 0.207. The van der Waals surface area contributed by atoms with E-state index in [9.17, 15) is 9.59 Å². The van der Waals surface area contributed by atoms with Crippen molar-refractivity contribution in [3.63, 3.8) is 0 Å². The fourth-order valence-corrected chi connectivity index (χ4v) is 3.37. The van der Waals surface area contributed by atoms with Gasteiger partial charge in [0.05, 0.1) is 11.8 Å². The quantitative estimate of drug-likeness (QED) is 0.539. The second kappa shape index (κ2) is 7.67. The average molecular weight is 387 g/mol. The molecule has 0 fully saturated rings. The molecule has 0 atom stereocenters. The third-order valence-corrected chi connectivity index (χ3v) is 4.95. The highest BCUT2D eigenvalue weighted by Crippen LogP contribution is 2.24. The number of aromatic nitrogens is 1. The molecule has 0 radical (unpaired) electrons. The van der Waals surface area contributed by atoms with Gasteiger partial charge in [0.1, 0.15) is 5.69 Å². The van der Waals surface area contributed by atoms with Gasteiger partial charge in [-0.05, 0) is 36.2 Å². The van der Waals surface area contributed by atoms with Gasteiger partial charge in [0.2, 0.25) is 0 Å². The minimum Gasteiger partial charge on any atom is -0.463 e. The Bertz CT molecular complexity index is 1200. The molecule has 29 heavy (non-hydrogen) atoms. The number of carbonyl (C=O) groups is 2. The molecule has 146 valence electrons. The van der Waals surface area contributed by atoms with Crippen molar-refractivity contribution in [2.24, 2.45) is 0 Å². The van der Waals surface area contributed by atoms with Crippen LogP contribution in [0.4, 0.5) is 5.69 Å². The van der Waals surface area contributed by atoms with E-state index in [0.717, 1.165) is 16.6 Å². The van der Waals surface area contributed by atoms with Crippen LogP contribution < -0.4 is 10.6 Å². The molecular weight excluding hydrogens is 366 g/mol. The summed E-state index contributed by atoms with van der Waals surface area (Å²) in [5.41, 5.74) is 5.32. The highest BCUT2D eigenvalue weighted by atomic mass is 16.3. The molecule has 0 bridgehead atoms. The molecule has 0 aliphatic rings. The third-order valence-electron chi connectivity index (χ3n) is 4.95. The third kappa shape index (κ3) is 3.65. The van der Waals surface area contributed by atoms with Gasteiger partial charge in [-0.2, -0.15) is 0 Å². The number of carbonyl (C=O) groups excluding carboxylic acids is 2. The van der Waals surface area contributed by atoms with E-state index in [1.165, 1.54) is 0 Å². The van der Waals surface area contributed by atoms with Crippen molar-refractivity contribution < 1.29 is 14.0 Å². The molecule has 0 unspecified atom stereocenters. The van der Waals surface area contributed by atoms with Gasteiger partial charge in [-0.15, -0.1) is 0 Å². The number of hydrogen-bond donors (Lipinski definition) is 2. The highest BCUT2D eigenvalue weighted by Gasteiger charge is 2.18. The Labute approximate surface area is 168 Å². The van der Waals surface area contributed by atoms with Crippen molar-refractivity contribution in [3.8, 4) is 0 Å². The Kier molecular flexibility index (Phi) is 4.91. The fraction of sp³-hybridized carbons (Fsp3) is 0.130. The number of hydrogen-bond acceptors (Lipinski definition) is 3. The Morgan fingerprint density at radius 3 is 2.62 bits per heavy atom. The highest BCUT2D eigenvalue weighted by molar-refractivity contribution is 6.06. The van der Waals surface area contributed by atoms with Crippen LogP contribution >= 0.6 is 0 Å². The summed E-state index contributed by atoms with van der Waals surface area (Å²) in [5, 5.41) is 5.47. The summed E-state index contributed by atoms with van der Waals surface area (Å²) in [7, 11) is 1.57. The molecule has 2 aromatic heterocycles. The molecule has 0 aliphatic carbocycles. The predicted molar refractivity (Wildman–Crippen MR) is 112 cm³/mol. The van der Waals surface area contributed by atoms with Crippen molar-refractivity contribution in [2.75, 3.05) is 12.4 Å². The lowest BCUT2D eigenvalue weighted by Crippen LogP contribution is -2.20. The average Bonchev–Trinajstić information content (AvgIpc) is 3.32. The lowest BCUT2D eigenvalue weighted by atomic mass is 10.1. The van der Waals surface area contributed by atoms with Crippen LogP contribution in [0.3, 0.4) is 0 Å². The monoisotopic (exact) mass is 387 g/mol. The second-order valence-electron chi connectivity index (χ2n) is 6.83. The smallest absolute Gasteiger partial charge is 0.272 e. The number of fused-ring (bicyclic) bond motifs is 1. The molecule has 0 saturated carbocycles. The summed E-state index contributed by atoms with van der Waals surface area (Å²) in [6.45, 7) is 2.60. The number of amides is 2. The van der Waals surface area contributed by atoms with E-state index in [1.807, 2.05) is 22.8 Å². The van der Waals surface area contributed by atoms with Crippen LogP contribution in [0, 0.1) is 6.92 Å². The molecule has 2 aromatic carbocycles. The molecule has 6 heteroatoms. The van der Waals surface area contributed by atoms with Crippen molar-refractivity contribution >= 4 is 28.6 Å². The van der Waals surface area contributed by atoms with Gasteiger partial charge < -0.3 is 19.6 Å². The zero-order valence-electron chi connectivity index (χ0n) is 16.2. The fourth-order valence-electron chi connectivity index (χ4n) is 3.37. The van der Waals surface area contributed by atoms with Crippen molar-refractivity contribution in [2.45, 2.75) is 13.5 Å². The second-order valence-corrected chi connectivity index (χ2v) is 6.83. The maximum Gasteiger partial charge on any atom is 0.272 e. The maximum absolute atomic E-state index is 13.1. The van der Waals surface area contributed by atoms with Crippen LogP contribution in [-0.4, -0.2) is 23.4 Å². The summed E-state index contributed by atoms with van der Waals surface area (Å²) < 4.78 is 7.46. The lowest BCUT2D eigenvalue weighted by Gasteiger charge is -2.13. The zero-order chi connectivity index (χ0) is 20.4. The topological polar surface area (TPSA) is 76.3 Å². The number of furan rings is 1. The van der Waals surface area contributed by atoms with Gasteiger partial charge in [0.25, 0.3) is 11.8 Å². The summed E-state index contributed by atoms with van der Waals surface area (Å²) in [5.74, 6) is -0.472. The van der Waals surface area contributed by atoms with E-state index in [0.29, 0.717) is 29.1 Å². The Balaban J connectivity index is 1.67. The number of rotatable bonds is 5. The van der Waals surface area contributed by atoms with Crippen LogP contribution in [-0.2, 0) is 6.54 Å².